The van der Waals surface area contributed by atoms with Gasteiger partial charge in [0.25, 0.3) is 0 Å². The number of nitrogens with one attached hydrogen (secondary N) is 2. The van der Waals surface area contributed by atoms with Crippen LogP contribution in [0.1, 0.15) is 37.6 Å². The smallest absolute Gasteiger partial charge is 0.191 e. The topological polar surface area (TPSA) is 61.8 Å². The Bertz CT molecular complexity index is 793. The molecule has 0 atom stereocenters. The van der Waals surface area contributed by atoms with Crippen molar-refractivity contribution in [2.45, 2.75) is 46.9 Å². The van der Waals surface area contributed by atoms with Crippen LogP contribution in [0, 0.1) is 6.92 Å². The van der Waals surface area contributed by atoms with Crippen molar-refractivity contribution >= 4 is 35.8 Å². The Morgan fingerprint density at radius 1 is 1.17 bits per heavy atom. The van der Waals surface area contributed by atoms with E-state index >= 15 is 0 Å². The van der Waals surface area contributed by atoms with E-state index in [9.17, 15) is 0 Å². The number of nitrogens with zero attached hydrogens (tertiary/aromatic N) is 3. The molecule has 160 valence electrons. The van der Waals surface area contributed by atoms with Gasteiger partial charge in [-0.15, -0.1) is 24.0 Å². The quantitative estimate of drug-likeness (QED) is 0.317. The van der Waals surface area contributed by atoms with Gasteiger partial charge >= 0.3 is 0 Å². The van der Waals surface area contributed by atoms with E-state index in [0.717, 1.165) is 35.3 Å². The largest absolute Gasteiger partial charge is 0.491 e. The van der Waals surface area contributed by atoms with Crippen LogP contribution in [0.25, 0.3) is 0 Å². The van der Waals surface area contributed by atoms with Gasteiger partial charge in [0, 0.05) is 26.2 Å². The van der Waals surface area contributed by atoms with Gasteiger partial charge in [0.05, 0.1) is 24.9 Å². The molecule has 1 heterocycles. The number of ether oxygens (including phenoxy) is 1. The zero-order valence-corrected chi connectivity index (χ0v) is 20.7. The molecule has 0 saturated heterocycles. The minimum Gasteiger partial charge on any atom is -0.491 e. The molecule has 1 aromatic carbocycles. The SMILES string of the molecule is CCNC(=NCc1ccc(C)cc1OC(C)C)NCc1cccc(N(C)C)n1.I. The number of aryl methyl sites for hydroxylation is 1. The monoisotopic (exact) mass is 511 g/mol. The third kappa shape index (κ3) is 8.47. The first-order chi connectivity index (χ1) is 13.4. The van der Waals surface area contributed by atoms with Crippen LogP contribution in [0.5, 0.6) is 5.75 Å². The first-order valence-electron chi connectivity index (χ1n) is 9.80. The van der Waals surface area contributed by atoms with Gasteiger partial charge in [0.1, 0.15) is 11.6 Å². The fourth-order valence-corrected chi connectivity index (χ4v) is 2.65. The van der Waals surface area contributed by atoms with E-state index < -0.39 is 0 Å². The zero-order chi connectivity index (χ0) is 20.5. The summed E-state index contributed by atoms with van der Waals surface area (Å²) in [5, 5.41) is 6.65. The number of anilines is 1. The summed E-state index contributed by atoms with van der Waals surface area (Å²) in [5.74, 6) is 2.60. The van der Waals surface area contributed by atoms with E-state index in [-0.39, 0.29) is 30.1 Å². The molecule has 0 aliphatic rings. The fourth-order valence-electron chi connectivity index (χ4n) is 2.65. The van der Waals surface area contributed by atoms with Crippen molar-refractivity contribution in [3.05, 3.63) is 53.2 Å². The summed E-state index contributed by atoms with van der Waals surface area (Å²) < 4.78 is 5.96. The molecule has 6 nitrogen and oxygen atoms in total. The van der Waals surface area contributed by atoms with Crippen LogP contribution in [-0.4, -0.2) is 37.7 Å². The molecule has 1 aromatic heterocycles. The van der Waals surface area contributed by atoms with E-state index in [0.29, 0.717) is 13.1 Å². The molecule has 2 aromatic rings. The van der Waals surface area contributed by atoms with Crippen molar-refractivity contribution in [3.63, 3.8) is 0 Å². The summed E-state index contributed by atoms with van der Waals surface area (Å²) >= 11 is 0. The van der Waals surface area contributed by atoms with E-state index in [1.165, 1.54) is 5.56 Å². The van der Waals surface area contributed by atoms with Gasteiger partial charge in [-0.2, -0.15) is 0 Å². The first kappa shape index (κ1) is 25.0. The number of aliphatic imine (C=N–C) groups is 1. The lowest BCUT2D eigenvalue weighted by molar-refractivity contribution is 0.240. The molecule has 0 aliphatic carbocycles. The van der Waals surface area contributed by atoms with Crippen LogP contribution in [0.4, 0.5) is 5.82 Å². The number of aromatic nitrogens is 1. The molecule has 0 amide bonds. The number of rotatable bonds is 8. The van der Waals surface area contributed by atoms with Crippen molar-refractivity contribution in [2.75, 3.05) is 25.5 Å². The highest BCUT2D eigenvalue weighted by atomic mass is 127. The number of halogens is 1. The zero-order valence-electron chi connectivity index (χ0n) is 18.3. The second-order valence-electron chi connectivity index (χ2n) is 7.21. The molecule has 0 fully saturated rings. The highest BCUT2D eigenvalue weighted by Crippen LogP contribution is 2.22. The van der Waals surface area contributed by atoms with E-state index in [1.54, 1.807) is 0 Å². The molecule has 7 heteroatoms. The number of benzene rings is 1. The Labute approximate surface area is 192 Å². The molecule has 0 bridgehead atoms. The molecule has 2 rings (SSSR count). The molecular weight excluding hydrogens is 477 g/mol. The van der Waals surface area contributed by atoms with E-state index in [2.05, 4.69) is 47.7 Å². The van der Waals surface area contributed by atoms with Crippen LogP contribution in [0.3, 0.4) is 0 Å². The van der Waals surface area contributed by atoms with Crippen LogP contribution in [0.2, 0.25) is 0 Å². The summed E-state index contributed by atoms with van der Waals surface area (Å²) in [6.07, 6.45) is 0.130. The predicted molar refractivity (Wildman–Crippen MR) is 133 cm³/mol. The molecular formula is C22H34IN5O. The van der Waals surface area contributed by atoms with Crippen LogP contribution in [-0.2, 0) is 13.1 Å². The second kappa shape index (κ2) is 12.5. The first-order valence-corrected chi connectivity index (χ1v) is 9.80. The van der Waals surface area contributed by atoms with Gasteiger partial charge in [-0.1, -0.05) is 18.2 Å². The summed E-state index contributed by atoms with van der Waals surface area (Å²) in [4.78, 5) is 11.4. The molecule has 0 spiro atoms. The third-order valence-electron chi connectivity index (χ3n) is 4.02. The highest BCUT2D eigenvalue weighted by molar-refractivity contribution is 14.0. The summed E-state index contributed by atoms with van der Waals surface area (Å²) in [6, 6.07) is 12.3. The maximum atomic E-state index is 5.96. The van der Waals surface area contributed by atoms with Crippen LogP contribution < -0.4 is 20.3 Å². The maximum absolute atomic E-state index is 5.96. The average molecular weight is 511 g/mol. The van der Waals surface area contributed by atoms with Crippen molar-refractivity contribution in [1.29, 1.82) is 0 Å². The Kier molecular flexibility index (Phi) is 10.8. The maximum Gasteiger partial charge on any atom is 0.191 e. The summed E-state index contributed by atoms with van der Waals surface area (Å²) in [5.41, 5.74) is 3.22. The Hall–Kier alpha value is -2.03. The Balaban J connectivity index is 0.00000420. The van der Waals surface area contributed by atoms with Crippen molar-refractivity contribution in [1.82, 2.24) is 15.6 Å². The highest BCUT2D eigenvalue weighted by Gasteiger charge is 2.07. The van der Waals surface area contributed by atoms with E-state index in [4.69, 9.17) is 9.73 Å². The molecule has 0 unspecified atom stereocenters. The average Bonchev–Trinajstić information content (AvgIpc) is 2.65. The second-order valence-corrected chi connectivity index (χ2v) is 7.21. The van der Waals surface area contributed by atoms with Crippen molar-refractivity contribution < 1.29 is 4.74 Å². The fraction of sp³-hybridized carbons (Fsp3) is 0.455. The molecule has 2 N–H and O–H groups in total. The number of hydrogen-bond acceptors (Lipinski definition) is 4. The number of pyridine rings is 1. The van der Waals surface area contributed by atoms with Gasteiger partial charge in [-0.05, 0) is 51.5 Å². The molecule has 0 radical (unpaired) electrons. The van der Waals surface area contributed by atoms with Gasteiger partial charge in [0.15, 0.2) is 5.96 Å². The number of hydrogen-bond donors (Lipinski definition) is 2. The Morgan fingerprint density at radius 3 is 2.59 bits per heavy atom. The summed E-state index contributed by atoms with van der Waals surface area (Å²) in [7, 11) is 3.98. The van der Waals surface area contributed by atoms with Gasteiger partial charge < -0.3 is 20.3 Å². The minimum absolute atomic E-state index is 0. The third-order valence-corrected chi connectivity index (χ3v) is 4.02. The molecule has 0 saturated carbocycles. The predicted octanol–water partition coefficient (Wildman–Crippen LogP) is 4.12. The van der Waals surface area contributed by atoms with Crippen molar-refractivity contribution in [2.24, 2.45) is 4.99 Å². The lowest BCUT2D eigenvalue weighted by atomic mass is 10.1. The Morgan fingerprint density at radius 2 is 1.93 bits per heavy atom. The van der Waals surface area contributed by atoms with Gasteiger partial charge in [-0.3, -0.25) is 0 Å². The van der Waals surface area contributed by atoms with E-state index in [1.807, 2.05) is 51.0 Å². The lowest BCUT2D eigenvalue weighted by Gasteiger charge is -2.16. The lowest BCUT2D eigenvalue weighted by Crippen LogP contribution is -2.37. The minimum atomic E-state index is 0. The summed E-state index contributed by atoms with van der Waals surface area (Å²) in [6.45, 7) is 10.1. The van der Waals surface area contributed by atoms with Gasteiger partial charge in [0.2, 0.25) is 0 Å². The normalized spacial score (nSPS) is 11.1. The molecule has 29 heavy (non-hydrogen) atoms. The molecule has 0 aliphatic heterocycles. The van der Waals surface area contributed by atoms with Crippen LogP contribution >= 0.6 is 24.0 Å². The van der Waals surface area contributed by atoms with Gasteiger partial charge in [-0.25, -0.2) is 9.98 Å². The number of guanidine groups is 1. The standard InChI is InChI=1S/C22H33N5O.HI/c1-7-23-22(25-15-19-9-8-10-21(26-19)27(5)6)24-14-18-12-11-17(4)13-20(18)28-16(2)3;/h8-13,16H,7,14-15H2,1-6H3,(H2,23,24,25);1H. The van der Waals surface area contributed by atoms with Crippen LogP contribution in [0.15, 0.2) is 41.4 Å². The van der Waals surface area contributed by atoms with Crippen molar-refractivity contribution in [3.8, 4) is 5.75 Å².